The van der Waals surface area contributed by atoms with Crippen LogP contribution in [0.4, 0.5) is 4.39 Å². The van der Waals surface area contributed by atoms with Crippen molar-refractivity contribution in [2.75, 3.05) is 6.61 Å². The summed E-state index contributed by atoms with van der Waals surface area (Å²) in [7, 11) is 0. The Hall–Kier alpha value is -2.11. The highest BCUT2D eigenvalue weighted by Gasteiger charge is 2.33. The van der Waals surface area contributed by atoms with Crippen LogP contribution >= 0.6 is 0 Å². The third kappa shape index (κ3) is 2.13. The molecule has 4 N–H and O–H groups in total. The lowest BCUT2D eigenvalue weighted by atomic mass is 9.87. The van der Waals surface area contributed by atoms with Crippen LogP contribution in [0.15, 0.2) is 23.2 Å². The van der Waals surface area contributed by atoms with E-state index in [0.29, 0.717) is 18.6 Å². The van der Waals surface area contributed by atoms with E-state index in [1.807, 2.05) is 0 Å². The topological polar surface area (TPSA) is 90.7 Å². The number of amidine groups is 1. The summed E-state index contributed by atoms with van der Waals surface area (Å²) in [4.78, 5) is 15.3. The van der Waals surface area contributed by atoms with Crippen molar-refractivity contribution in [2.45, 2.75) is 18.9 Å². The lowest BCUT2D eigenvalue weighted by Gasteiger charge is -2.30. The zero-order chi connectivity index (χ0) is 13.3. The quantitative estimate of drug-likeness (QED) is 0.817. The van der Waals surface area contributed by atoms with Crippen molar-refractivity contribution in [3.05, 3.63) is 35.1 Å². The predicted octanol–water partition coefficient (Wildman–Crippen LogP) is 0.875. The Bertz CT molecular complexity index is 530. The molecule has 96 valence electrons. The number of primary amides is 1. The maximum absolute atomic E-state index is 13.9. The number of amides is 1. The molecule has 18 heavy (non-hydrogen) atoms. The summed E-state index contributed by atoms with van der Waals surface area (Å²) in [5, 5.41) is 0. The number of hydrogen-bond acceptors (Lipinski definition) is 4. The lowest BCUT2D eigenvalue weighted by Crippen LogP contribution is -2.34. The number of carbonyl (C=O) groups excluding carboxylic acids is 1. The molecule has 0 aromatic heterocycles. The van der Waals surface area contributed by atoms with Crippen LogP contribution < -0.4 is 11.5 Å². The summed E-state index contributed by atoms with van der Waals surface area (Å²) in [6.45, 7) is 2.09. The Labute approximate surface area is 104 Å². The van der Waals surface area contributed by atoms with Gasteiger partial charge in [-0.2, -0.15) is 0 Å². The van der Waals surface area contributed by atoms with E-state index in [1.165, 1.54) is 18.2 Å². The fourth-order valence-electron chi connectivity index (χ4n) is 1.97. The normalized spacial score (nSPS) is 23.1. The first-order valence-electron chi connectivity index (χ1n) is 5.50. The molecular formula is C12H14FN3O2. The Morgan fingerprint density at radius 3 is 2.89 bits per heavy atom. The van der Waals surface area contributed by atoms with Gasteiger partial charge in [-0.25, -0.2) is 9.38 Å². The molecule has 1 amide bonds. The van der Waals surface area contributed by atoms with Crippen molar-refractivity contribution in [3.8, 4) is 0 Å². The minimum absolute atomic E-state index is 0.0210. The summed E-state index contributed by atoms with van der Waals surface area (Å²) in [5.74, 6) is -1.05. The second kappa shape index (κ2) is 4.29. The lowest BCUT2D eigenvalue weighted by molar-refractivity contribution is 0.1000. The smallest absolute Gasteiger partial charge is 0.282 e. The van der Waals surface area contributed by atoms with Crippen LogP contribution in [0, 0.1) is 5.82 Å². The van der Waals surface area contributed by atoms with Gasteiger partial charge < -0.3 is 16.2 Å². The van der Waals surface area contributed by atoms with Crippen molar-refractivity contribution in [2.24, 2.45) is 16.5 Å². The van der Waals surface area contributed by atoms with Gasteiger partial charge >= 0.3 is 0 Å². The van der Waals surface area contributed by atoms with Crippen molar-refractivity contribution in [1.29, 1.82) is 0 Å². The second-order valence-electron chi connectivity index (χ2n) is 4.38. The Balaban J connectivity index is 2.52. The minimum atomic E-state index is -0.835. The number of nitrogens with two attached hydrogens (primary N) is 2. The fraction of sp³-hybridized carbons (Fsp3) is 0.333. The highest BCUT2D eigenvalue weighted by molar-refractivity contribution is 5.93. The van der Waals surface area contributed by atoms with Crippen LogP contribution in [0.25, 0.3) is 0 Å². The maximum Gasteiger partial charge on any atom is 0.282 e. The predicted molar refractivity (Wildman–Crippen MR) is 64.5 cm³/mol. The Morgan fingerprint density at radius 2 is 2.28 bits per heavy atom. The first-order valence-corrected chi connectivity index (χ1v) is 5.50. The van der Waals surface area contributed by atoms with Crippen LogP contribution in [0.2, 0.25) is 0 Å². The second-order valence-corrected chi connectivity index (χ2v) is 4.38. The number of carbonyl (C=O) groups is 1. The molecule has 1 aromatic carbocycles. The first-order chi connectivity index (χ1) is 8.42. The summed E-state index contributed by atoms with van der Waals surface area (Å²) in [5.41, 5.74) is 10.4. The summed E-state index contributed by atoms with van der Waals surface area (Å²) in [6.07, 6.45) is 0.479. The van der Waals surface area contributed by atoms with Gasteiger partial charge in [0.2, 0.25) is 5.91 Å². The van der Waals surface area contributed by atoms with E-state index in [0.717, 1.165) is 0 Å². The van der Waals surface area contributed by atoms with Gasteiger partial charge in [-0.3, -0.25) is 4.79 Å². The highest BCUT2D eigenvalue weighted by atomic mass is 19.1. The third-order valence-corrected chi connectivity index (χ3v) is 3.03. The van der Waals surface area contributed by atoms with Gasteiger partial charge in [0.1, 0.15) is 5.82 Å². The molecule has 1 heterocycles. The number of benzene rings is 1. The molecule has 1 aliphatic rings. The van der Waals surface area contributed by atoms with Gasteiger partial charge in [0, 0.05) is 17.5 Å². The number of halogens is 1. The molecule has 2 rings (SSSR count). The third-order valence-electron chi connectivity index (χ3n) is 3.03. The molecular weight excluding hydrogens is 237 g/mol. The van der Waals surface area contributed by atoms with Crippen molar-refractivity contribution >= 4 is 11.9 Å². The van der Waals surface area contributed by atoms with E-state index in [-0.39, 0.29) is 11.6 Å². The van der Waals surface area contributed by atoms with Gasteiger partial charge in [0.05, 0.1) is 12.1 Å². The fourth-order valence-corrected chi connectivity index (χ4v) is 1.97. The minimum Gasteiger partial charge on any atom is -0.465 e. The Morgan fingerprint density at radius 1 is 1.56 bits per heavy atom. The van der Waals surface area contributed by atoms with E-state index in [1.54, 1.807) is 6.92 Å². The molecule has 0 spiro atoms. The molecule has 1 aromatic rings. The molecule has 0 radical (unpaired) electrons. The maximum atomic E-state index is 13.9. The first kappa shape index (κ1) is 12.3. The number of ether oxygens (including phenoxy) is 1. The largest absolute Gasteiger partial charge is 0.465 e. The van der Waals surface area contributed by atoms with Crippen LogP contribution in [0.3, 0.4) is 0 Å². The van der Waals surface area contributed by atoms with Crippen LogP contribution in [0.1, 0.15) is 29.3 Å². The number of nitrogens with zero attached hydrogens (tertiary/aromatic N) is 1. The standard InChI is InChI=1S/C12H14FN3O2/c1-12(4-5-18-11(15)16-12)8-6-7(10(14)17)2-3-9(8)13/h2-3,6H,4-5H2,1H3,(H2,14,17)(H2,15,16)/t12-/m0/s1. The van der Waals surface area contributed by atoms with Crippen molar-refractivity contribution in [1.82, 2.24) is 0 Å². The van der Waals surface area contributed by atoms with Gasteiger partial charge in [-0.1, -0.05) is 0 Å². The van der Waals surface area contributed by atoms with Gasteiger partial charge in [0.15, 0.2) is 0 Å². The number of hydrogen-bond donors (Lipinski definition) is 2. The van der Waals surface area contributed by atoms with Gasteiger partial charge in [-0.15, -0.1) is 0 Å². The highest BCUT2D eigenvalue weighted by Crippen LogP contribution is 2.33. The summed E-state index contributed by atoms with van der Waals surface area (Å²) < 4.78 is 18.9. The summed E-state index contributed by atoms with van der Waals surface area (Å²) in [6, 6.07) is 3.99. The molecule has 0 saturated heterocycles. The molecule has 5 nitrogen and oxygen atoms in total. The van der Waals surface area contributed by atoms with Crippen molar-refractivity contribution in [3.63, 3.8) is 0 Å². The number of rotatable bonds is 2. The zero-order valence-electron chi connectivity index (χ0n) is 9.94. The van der Waals surface area contributed by atoms with Crippen LogP contribution in [0.5, 0.6) is 0 Å². The molecule has 0 bridgehead atoms. The van der Waals surface area contributed by atoms with Crippen LogP contribution in [-0.2, 0) is 10.3 Å². The molecule has 1 atom stereocenters. The molecule has 0 aliphatic carbocycles. The number of aliphatic imine (C=N–C) groups is 1. The Kier molecular flexibility index (Phi) is 2.94. The monoisotopic (exact) mass is 251 g/mol. The molecule has 0 unspecified atom stereocenters. The molecule has 0 saturated carbocycles. The van der Waals surface area contributed by atoms with Crippen LogP contribution in [-0.4, -0.2) is 18.5 Å². The molecule has 1 aliphatic heterocycles. The van der Waals surface area contributed by atoms with Crippen molar-refractivity contribution < 1.29 is 13.9 Å². The van der Waals surface area contributed by atoms with Gasteiger partial charge in [-0.05, 0) is 25.1 Å². The summed E-state index contributed by atoms with van der Waals surface area (Å²) >= 11 is 0. The average Bonchev–Trinajstić information content (AvgIpc) is 2.28. The van der Waals surface area contributed by atoms with E-state index in [2.05, 4.69) is 4.99 Å². The SMILES string of the molecule is C[C@@]1(c2cc(C(N)=O)ccc2F)CCOC(N)=N1. The van der Waals surface area contributed by atoms with E-state index in [4.69, 9.17) is 16.2 Å². The molecule has 6 heteroatoms. The van der Waals surface area contributed by atoms with E-state index < -0.39 is 17.3 Å². The van der Waals surface area contributed by atoms with E-state index >= 15 is 0 Å². The van der Waals surface area contributed by atoms with Gasteiger partial charge in [0.25, 0.3) is 6.02 Å². The average molecular weight is 251 g/mol. The molecule has 0 fully saturated rings. The van der Waals surface area contributed by atoms with E-state index in [9.17, 15) is 9.18 Å². The zero-order valence-corrected chi connectivity index (χ0v) is 9.94.